The number of fused-ring (bicyclic) bond motifs is 1. The Morgan fingerprint density at radius 2 is 1.89 bits per heavy atom. The number of hydrogen-bond donors (Lipinski definition) is 2. The zero-order chi connectivity index (χ0) is 27.6. The molecule has 3 aromatic heterocycles. The highest BCUT2D eigenvalue weighted by atomic mass is 19.4. The van der Waals surface area contributed by atoms with Gasteiger partial charge in [-0.3, -0.25) is 4.99 Å². The molecular formula is C23H17F5N10. The minimum absolute atomic E-state index is 0.0522. The highest BCUT2D eigenvalue weighted by Crippen LogP contribution is 2.39. The van der Waals surface area contributed by atoms with Gasteiger partial charge in [-0.2, -0.15) is 23.5 Å². The average Bonchev–Trinajstić information content (AvgIpc) is 3.23. The van der Waals surface area contributed by atoms with Crippen molar-refractivity contribution in [3.05, 3.63) is 60.1 Å². The molecule has 1 unspecified atom stereocenters. The van der Waals surface area contributed by atoms with Crippen molar-refractivity contribution < 1.29 is 22.0 Å². The lowest BCUT2D eigenvalue weighted by molar-refractivity contribution is -0.144. The van der Waals surface area contributed by atoms with Crippen molar-refractivity contribution in [2.24, 2.45) is 15.9 Å². The van der Waals surface area contributed by atoms with Gasteiger partial charge in [0, 0.05) is 23.5 Å². The third-order valence-corrected chi connectivity index (χ3v) is 5.57. The van der Waals surface area contributed by atoms with Gasteiger partial charge in [0.25, 0.3) is 0 Å². The fraction of sp³-hybridized carbons (Fsp3) is 0.174. The molecule has 4 aromatic rings. The normalized spacial score (nSPS) is 13.2. The summed E-state index contributed by atoms with van der Waals surface area (Å²) >= 11 is 0. The van der Waals surface area contributed by atoms with Crippen LogP contribution in [0.2, 0.25) is 0 Å². The van der Waals surface area contributed by atoms with Gasteiger partial charge >= 0.3 is 6.18 Å². The molecule has 0 amide bonds. The largest absolute Gasteiger partial charge is 0.451 e. The summed E-state index contributed by atoms with van der Waals surface area (Å²) in [6, 6.07) is 4.63. The Labute approximate surface area is 211 Å². The molecule has 0 fully saturated rings. The number of nitrogens with two attached hydrogens (primary N) is 2. The van der Waals surface area contributed by atoms with Crippen molar-refractivity contribution in [3.8, 4) is 17.2 Å². The predicted molar refractivity (Wildman–Crippen MR) is 128 cm³/mol. The van der Waals surface area contributed by atoms with Crippen LogP contribution >= 0.6 is 0 Å². The summed E-state index contributed by atoms with van der Waals surface area (Å²) in [5.74, 6) is 1.91. The van der Waals surface area contributed by atoms with Gasteiger partial charge in [0.15, 0.2) is 11.6 Å². The van der Waals surface area contributed by atoms with Gasteiger partial charge in [0.1, 0.15) is 41.0 Å². The van der Waals surface area contributed by atoms with Crippen molar-refractivity contribution in [1.82, 2.24) is 24.5 Å². The Bertz CT molecular complexity index is 1600. The van der Waals surface area contributed by atoms with Crippen molar-refractivity contribution in [3.63, 3.8) is 0 Å². The van der Waals surface area contributed by atoms with E-state index < -0.39 is 29.7 Å². The van der Waals surface area contributed by atoms with Crippen LogP contribution < -0.4 is 11.6 Å². The number of nitrogens with zero attached hydrogens (tertiary/aromatic N) is 8. The molecule has 1 atom stereocenters. The number of halogens is 5. The molecule has 0 saturated carbocycles. The molecule has 0 spiro atoms. The summed E-state index contributed by atoms with van der Waals surface area (Å²) in [4.78, 5) is 18.9. The van der Waals surface area contributed by atoms with Crippen LogP contribution in [0.1, 0.15) is 30.9 Å². The van der Waals surface area contributed by atoms with Crippen LogP contribution in [0.4, 0.5) is 33.5 Å². The molecule has 0 saturated heterocycles. The predicted octanol–water partition coefficient (Wildman–Crippen LogP) is 4.31. The number of aromatic nitrogens is 5. The number of alkyl halides is 3. The highest BCUT2D eigenvalue weighted by Gasteiger charge is 2.35. The number of hydrogen-bond acceptors (Lipinski definition) is 9. The molecular weight excluding hydrogens is 511 g/mol. The van der Waals surface area contributed by atoms with Crippen LogP contribution in [0, 0.1) is 23.0 Å². The number of nitrogen functional groups attached to an aromatic ring is 1. The van der Waals surface area contributed by atoms with E-state index in [4.69, 9.17) is 11.6 Å². The second-order valence-electron chi connectivity index (χ2n) is 7.77. The molecule has 0 radical (unpaired) electrons. The van der Waals surface area contributed by atoms with E-state index in [-0.39, 0.29) is 51.5 Å². The van der Waals surface area contributed by atoms with Crippen LogP contribution in [0.25, 0.3) is 22.2 Å². The topological polar surface area (TPSA) is 157 Å². The highest BCUT2D eigenvalue weighted by molar-refractivity contribution is 6.33. The maximum atomic E-state index is 14.1. The average molecular weight is 528 g/mol. The van der Waals surface area contributed by atoms with Gasteiger partial charge in [0.2, 0.25) is 5.82 Å². The number of rotatable bonds is 6. The summed E-state index contributed by atoms with van der Waals surface area (Å²) in [5, 5.41) is 14.0. The minimum Gasteiger partial charge on any atom is -0.383 e. The summed E-state index contributed by atoms with van der Waals surface area (Å²) < 4.78 is 68.1. The lowest BCUT2D eigenvalue weighted by atomic mass is 10.1. The lowest BCUT2D eigenvalue weighted by Gasteiger charge is -2.18. The molecule has 0 aliphatic heterocycles. The van der Waals surface area contributed by atoms with Crippen LogP contribution in [0.15, 0.2) is 47.0 Å². The summed E-state index contributed by atoms with van der Waals surface area (Å²) in [7, 11) is 0. The van der Waals surface area contributed by atoms with Gasteiger partial charge in [-0.25, -0.2) is 28.7 Å². The first-order valence-electron chi connectivity index (χ1n) is 10.8. The number of nitriles is 1. The van der Waals surface area contributed by atoms with Crippen LogP contribution in [-0.2, 0) is 6.18 Å². The molecule has 0 aliphatic carbocycles. The second-order valence-corrected chi connectivity index (χ2v) is 7.77. The first kappa shape index (κ1) is 26.1. The molecule has 15 heteroatoms. The molecule has 4 N–H and O–H groups in total. The van der Waals surface area contributed by atoms with Gasteiger partial charge in [-0.1, -0.05) is 13.0 Å². The fourth-order valence-corrected chi connectivity index (χ4v) is 3.91. The number of aliphatic imine (C=N–C) groups is 1. The van der Waals surface area contributed by atoms with Crippen LogP contribution in [-0.4, -0.2) is 36.4 Å². The molecule has 1 aromatic carbocycles. The van der Waals surface area contributed by atoms with E-state index in [1.54, 1.807) is 6.92 Å². The minimum atomic E-state index is -4.77. The van der Waals surface area contributed by atoms with E-state index in [2.05, 4.69) is 30.0 Å². The van der Waals surface area contributed by atoms with Crippen LogP contribution in [0.5, 0.6) is 0 Å². The smallest absolute Gasteiger partial charge is 0.383 e. The first-order chi connectivity index (χ1) is 18.1. The zero-order valence-corrected chi connectivity index (χ0v) is 19.4. The van der Waals surface area contributed by atoms with E-state index in [1.807, 2.05) is 6.07 Å². The number of benzene rings is 1. The van der Waals surface area contributed by atoms with E-state index in [0.29, 0.717) is 0 Å². The fourth-order valence-electron chi connectivity index (χ4n) is 3.91. The Hall–Kier alpha value is -5.00. The van der Waals surface area contributed by atoms with Gasteiger partial charge in [-0.15, -0.1) is 0 Å². The maximum absolute atomic E-state index is 14.1. The molecule has 10 nitrogen and oxygen atoms in total. The standard InChI is InChI=1S/C23H17F5N10/c1-2-15(14(37-31)9-32-13-5-3-4-12(24)19(13)25)38-16(6-29)17(18-20(30)35-10-36-21(18)38)11-7-33-22(34-8-11)23(26,27)28/h3-5,7-10,15H,2,31H2,1H3,(H2,30,35,36). The van der Waals surface area contributed by atoms with Crippen molar-refractivity contribution in [2.45, 2.75) is 25.6 Å². The Kier molecular flexibility index (Phi) is 6.98. The van der Waals surface area contributed by atoms with Gasteiger partial charge < -0.3 is 16.1 Å². The zero-order valence-electron chi connectivity index (χ0n) is 19.4. The van der Waals surface area contributed by atoms with E-state index in [9.17, 15) is 27.2 Å². The molecule has 4 rings (SSSR count). The Balaban J connectivity index is 1.92. The van der Waals surface area contributed by atoms with E-state index >= 15 is 0 Å². The SMILES string of the molecule is CCC(C(C=Nc1cccc(F)c1F)=NN)n1c(C#N)c(-c2cnc(C(F)(F)F)nc2)c2c(N)ncnc21. The summed E-state index contributed by atoms with van der Waals surface area (Å²) in [5.41, 5.74) is 6.05. The monoisotopic (exact) mass is 528 g/mol. The van der Waals surface area contributed by atoms with E-state index in [0.717, 1.165) is 31.0 Å². The van der Waals surface area contributed by atoms with Gasteiger partial charge in [-0.05, 0) is 18.6 Å². The lowest BCUT2D eigenvalue weighted by Crippen LogP contribution is -2.23. The first-order valence-corrected chi connectivity index (χ1v) is 10.8. The van der Waals surface area contributed by atoms with Crippen molar-refractivity contribution in [2.75, 3.05) is 5.73 Å². The van der Waals surface area contributed by atoms with Crippen LogP contribution in [0.3, 0.4) is 0 Å². The van der Waals surface area contributed by atoms with Gasteiger partial charge in [0.05, 0.1) is 17.6 Å². The molecule has 0 aliphatic rings. The summed E-state index contributed by atoms with van der Waals surface area (Å²) in [6.45, 7) is 1.73. The third kappa shape index (κ3) is 4.59. The number of hydrazone groups is 1. The number of anilines is 1. The van der Waals surface area contributed by atoms with Crippen molar-refractivity contribution in [1.29, 1.82) is 5.26 Å². The summed E-state index contributed by atoms with van der Waals surface area (Å²) in [6.07, 6.45) is -0.439. The quantitative estimate of drug-likeness (QED) is 0.163. The molecule has 194 valence electrons. The maximum Gasteiger partial charge on any atom is 0.451 e. The Morgan fingerprint density at radius 1 is 1.18 bits per heavy atom. The molecule has 38 heavy (non-hydrogen) atoms. The Morgan fingerprint density at radius 3 is 2.50 bits per heavy atom. The second kappa shape index (κ2) is 10.2. The third-order valence-electron chi connectivity index (χ3n) is 5.57. The molecule has 3 heterocycles. The van der Waals surface area contributed by atoms with Crippen molar-refractivity contribution >= 4 is 34.5 Å². The molecule has 0 bridgehead atoms. The van der Waals surface area contributed by atoms with E-state index in [1.165, 1.54) is 16.7 Å².